The van der Waals surface area contributed by atoms with Gasteiger partial charge in [-0.1, -0.05) is 6.42 Å². The summed E-state index contributed by atoms with van der Waals surface area (Å²) < 4.78 is 15.1. The predicted octanol–water partition coefficient (Wildman–Crippen LogP) is 1.85. The Morgan fingerprint density at radius 1 is 1.23 bits per heavy atom. The minimum absolute atomic E-state index is 0.160. The van der Waals surface area contributed by atoms with Crippen molar-refractivity contribution in [3.63, 3.8) is 0 Å². The van der Waals surface area contributed by atoms with E-state index < -0.39 is 5.97 Å². The fourth-order valence-electron chi connectivity index (χ4n) is 3.03. The van der Waals surface area contributed by atoms with Crippen molar-refractivity contribution in [3.8, 4) is 11.5 Å². The van der Waals surface area contributed by atoms with Crippen LogP contribution in [0.5, 0.6) is 11.5 Å². The summed E-state index contributed by atoms with van der Waals surface area (Å²) in [7, 11) is 2.78. The minimum atomic E-state index is -0.485. The summed E-state index contributed by atoms with van der Waals surface area (Å²) in [6.07, 6.45) is 3.73. The van der Waals surface area contributed by atoms with Crippen LogP contribution in [-0.2, 0) is 9.53 Å². The zero-order chi connectivity index (χ0) is 18.9. The van der Waals surface area contributed by atoms with Gasteiger partial charge in [0.25, 0.3) is 5.91 Å². The van der Waals surface area contributed by atoms with Gasteiger partial charge in [-0.05, 0) is 44.5 Å². The maximum atomic E-state index is 12.4. The van der Waals surface area contributed by atoms with Gasteiger partial charge in [0.2, 0.25) is 0 Å². The van der Waals surface area contributed by atoms with Crippen LogP contribution in [0.4, 0.5) is 0 Å². The van der Waals surface area contributed by atoms with Crippen LogP contribution in [0.3, 0.4) is 0 Å². The van der Waals surface area contributed by atoms with Crippen LogP contribution >= 0.6 is 0 Å². The van der Waals surface area contributed by atoms with Crippen molar-refractivity contribution in [3.05, 3.63) is 23.8 Å². The summed E-state index contributed by atoms with van der Waals surface area (Å²) in [4.78, 5) is 25.9. The van der Waals surface area contributed by atoms with Gasteiger partial charge in [-0.25, -0.2) is 4.79 Å². The van der Waals surface area contributed by atoms with Crippen LogP contribution in [0.25, 0.3) is 0 Å². The molecule has 7 nitrogen and oxygen atoms in total. The van der Waals surface area contributed by atoms with Crippen molar-refractivity contribution in [2.75, 3.05) is 40.5 Å². The Labute approximate surface area is 154 Å². The molecule has 1 aromatic rings. The molecule has 1 saturated heterocycles. The average Bonchev–Trinajstić information content (AvgIpc) is 2.67. The van der Waals surface area contributed by atoms with Crippen LogP contribution in [-0.4, -0.2) is 63.3 Å². The van der Waals surface area contributed by atoms with Gasteiger partial charge in [-0.2, -0.15) is 0 Å². The molecular weight excluding hydrogens is 336 g/mol. The number of hydrogen-bond acceptors (Lipinski definition) is 6. The Morgan fingerprint density at radius 2 is 2.04 bits per heavy atom. The molecule has 1 unspecified atom stereocenters. The van der Waals surface area contributed by atoms with Crippen LogP contribution in [0.15, 0.2) is 18.2 Å². The first kappa shape index (κ1) is 20.0. The molecule has 1 heterocycles. The molecule has 1 atom stereocenters. The summed E-state index contributed by atoms with van der Waals surface area (Å²) in [6.45, 7) is 4.57. The third-order valence-electron chi connectivity index (χ3n) is 4.62. The average molecular weight is 364 g/mol. The SMILES string of the molecule is COC(=O)COc1ccc(C(=O)NCCN2CCCCC2C)cc1OC. The maximum absolute atomic E-state index is 12.4. The van der Waals surface area contributed by atoms with Gasteiger partial charge in [0, 0.05) is 24.7 Å². The van der Waals surface area contributed by atoms with Crippen molar-refractivity contribution in [1.29, 1.82) is 0 Å². The van der Waals surface area contributed by atoms with Crippen LogP contribution in [0, 0.1) is 0 Å². The largest absolute Gasteiger partial charge is 0.493 e. The molecule has 0 saturated carbocycles. The molecule has 0 aliphatic carbocycles. The number of nitrogens with zero attached hydrogens (tertiary/aromatic N) is 1. The van der Waals surface area contributed by atoms with Gasteiger partial charge in [0.15, 0.2) is 18.1 Å². The fraction of sp³-hybridized carbons (Fsp3) is 0.579. The molecule has 7 heteroatoms. The molecule has 1 fully saturated rings. The van der Waals surface area contributed by atoms with E-state index in [2.05, 4.69) is 21.9 Å². The Morgan fingerprint density at radius 3 is 2.73 bits per heavy atom. The van der Waals surface area contributed by atoms with Crippen molar-refractivity contribution >= 4 is 11.9 Å². The Balaban J connectivity index is 1.88. The number of hydrogen-bond donors (Lipinski definition) is 1. The van der Waals surface area contributed by atoms with Gasteiger partial charge < -0.3 is 19.5 Å². The van der Waals surface area contributed by atoms with E-state index in [4.69, 9.17) is 9.47 Å². The first-order valence-electron chi connectivity index (χ1n) is 8.95. The van der Waals surface area contributed by atoms with E-state index in [-0.39, 0.29) is 12.5 Å². The highest BCUT2D eigenvalue weighted by atomic mass is 16.6. The molecule has 2 rings (SSSR count). The lowest BCUT2D eigenvalue weighted by atomic mass is 10.0. The van der Waals surface area contributed by atoms with Gasteiger partial charge >= 0.3 is 5.97 Å². The number of nitrogens with one attached hydrogen (secondary N) is 1. The number of carbonyl (C=O) groups excluding carboxylic acids is 2. The van der Waals surface area contributed by atoms with Gasteiger partial charge in [-0.3, -0.25) is 9.69 Å². The number of methoxy groups -OCH3 is 2. The Kier molecular flexibility index (Phi) is 7.72. The molecule has 0 radical (unpaired) electrons. The van der Waals surface area contributed by atoms with Gasteiger partial charge in [0.1, 0.15) is 0 Å². The highest BCUT2D eigenvalue weighted by molar-refractivity contribution is 5.94. The third-order valence-corrected chi connectivity index (χ3v) is 4.62. The Hall–Kier alpha value is -2.28. The smallest absolute Gasteiger partial charge is 0.343 e. The van der Waals surface area contributed by atoms with E-state index in [1.807, 2.05) is 0 Å². The van der Waals surface area contributed by atoms with Crippen molar-refractivity contribution in [1.82, 2.24) is 10.2 Å². The number of piperidine rings is 1. The lowest BCUT2D eigenvalue weighted by molar-refractivity contribution is -0.142. The molecule has 0 bridgehead atoms. The van der Waals surface area contributed by atoms with E-state index in [0.717, 1.165) is 13.1 Å². The number of carbonyl (C=O) groups is 2. The number of esters is 1. The van der Waals surface area contributed by atoms with Gasteiger partial charge in [0.05, 0.1) is 14.2 Å². The lowest BCUT2D eigenvalue weighted by Crippen LogP contribution is -2.42. The number of rotatable bonds is 8. The molecule has 1 N–H and O–H groups in total. The molecule has 1 aliphatic heterocycles. The highest BCUT2D eigenvalue weighted by Crippen LogP contribution is 2.28. The van der Waals surface area contributed by atoms with E-state index in [1.165, 1.54) is 33.5 Å². The van der Waals surface area contributed by atoms with E-state index in [0.29, 0.717) is 29.6 Å². The zero-order valence-corrected chi connectivity index (χ0v) is 15.7. The van der Waals surface area contributed by atoms with Crippen LogP contribution in [0.1, 0.15) is 36.5 Å². The van der Waals surface area contributed by atoms with Crippen molar-refractivity contribution in [2.45, 2.75) is 32.2 Å². The Bertz CT molecular complexity index is 620. The lowest BCUT2D eigenvalue weighted by Gasteiger charge is -2.33. The molecule has 1 amide bonds. The zero-order valence-electron chi connectivity index (χ0n) is 15.7. The predicted molar refractivity (Wildman–Crippen MR) is 97.7 cm³/mol. The van der Waals surface area contributed by atoms with Crippen LogP contribution < -0.4 is 14.8 Å². The summed E-state index contributed by atoms with van der Waals surface area (Å²) in [5.74, 6) is 0.135. The molecule has 26 heavy (non-hydrogen) atoms. The maximum Gasteiger partial charge on any atom is 0.343 e. The summed E-state index contributed by atoms with van der Waals surface area (Å²) in [5, 5.41) is 2.95. The normalized spacial score (nSPS) is 17.4. The standard InChI is InChI=1S/C19H28N2O5/c1-14-6-4-5-10-21(14)11-9-20-19(23)15-7-8-16(17(12-15)24-2)26-13-18(22)25-3/h7-8,12,14H,4-6,9-11,13H2,1-3H3,(H,20,23). The van der Waals surface area contributed by atoms with Gasteiger partial charge in [-0.15, -0.1) is 0 Å². The monoisotopic (exact) mass is 364 g/mol. The van der Waals surface area contributed by atoms with Crippen LogP contribution in [0.2, 0.25) is 0 Å². The molecule has 1 aliphatic rings. The topological polar surface area (TPSA) is 77.1 Å². The summed E-state index contributed by atoms with van der Waals surface area (Å²) in [5.41, 5.74) is 0.485. The number of ether oxygens (including phenoxy) is 3. The second kappa shape index (κ2) is 10.0. The number of likely N-dealkylation sites (tertiary alicyclic amines) is 1. The molecule has 0 aromatic heterocycles. The minimum Gasteiger partial charge on any atom is -0.493 e. The van der Waals surface area contributed by atoms with Crippen molar-refractivity contribution in [2.24, 2.45) is 0 Å². The third kappa shape index (κ3) is 5.62. The summed E-state index contributed by atoms with van der Waals surface area (Å²) >= 11 is 0. The summed E-state index contributed by atoms with van der Waals surface area (Å²) in [6, 6.07) is 5.44. The second-order valence-corrected chi connectivity index (χ2v) is 6.37. The molecule has 1 aromatic carbocycles. The number of amides is 1. The highest BCUT2D eigenvalue weighted by Gasteiger charge is 2.18. The first-order valence-corrected chi connectivity index (χ1v) is 8.95. The molecule has 0 spiro atoms. The second-order valence-electron chi connectivity index (χ2n) is 6.37. The number of benzene rings is 1. The molecular formula is C19H28N2O5. The quantitative estimate of drug-likeness (QED) is 0.710. The fourth-order valence-corrected chi connectivity index (χ4v) is 3.03. The molecule has 144 valence electrons. The van der Waals surface area contributed by atoms with E-state index in [1.54, 1.807) is 18.2 Å². The van der Waals surface area contributed by atoms with Crippen molar-refractivity contribution < 1.29 is 23.8 Å². The first-order chi connectivity index (χ1) is 12.5. The van der Waals surface area contributed by atoms with E-state index >= 15 is 0 Å². The van der Waals surface area contributed by atoms with E-state index in [9.17, 15) is 9.59 Å².